The van der Waals surface area contributed by atoms with E-state index in [9.17, 15) is 14.7 Å². The van der Waals surface area contributed by atoms with Gasteiger partial charge in [-0.1, -0.05) is 33.2 Å². The Labute approximate surface area is 209 Å². The summed E-state index contributed by atoms with van der Waals surface area (Å²) in [6, 6.07) is 12.4. The second-order valence-corrected chi connectivity index (χ2v) is 9.13. The van der Waals surface area contributed by atoms with Crippen LogP contribution in [0.3, 0.4) is 0 Å². The van der Waals surface area contributed by atoms with Crippen molar-refractivity contribution >= 4 is 38.4 Å². The van der Waals surface area contributed by atoms with E-state index in [0.717, 1.165) is 9.86 Å². The predicted molar refractivity (Wildman–Crippen MR) is 134 cm³/mol. The molecule has 35 heavy (non-hydrogen) atoms. The number of aliphatic hydroxyl groups excluding tert-OH is 1. The molecular formula is C24H25BrN4O6. The van der Waals surface area contributed by atoms with E-state index in [-0.39, 0.29) is 31.0 Å². The Morgan fingerprint density at radius 2 is 2.06 bits per heavy atom. The molecule has 0 fully saturated rings. The zero-order valence-electron chi connectivity index (χ0n) is 19.4. The van der Waals surface area contributed by atoms with Crippen LogP contribution < -0.4 is 15.8 Å². The minimum Gasteiger partial charge on any atom is -0.489 e. The van der Waals surface area contributed by atoms with Crippen molar-refractivity contribution in [1.29, 1.82) is 0 Å². The molecule has 0 spiro atoms. The first kappa shape index (κ1) is 24.7. The number of fused-ring (bicyclic) bond motifs is 1. The molecular weight excluding hydrogens is 520 g/mol. The SMILES string of the molecule is CC(C)OCC(O)COc1cccc2cc(C(=O)Nc3ccc(Br)cc3-c3noc(=O)[nH]3)n(C)c12. The highest BCUT2D eigenvalue weighted by Gasteiger charge is 2.19. The summed E-state index contributed by atoms with van der Waals surface area (Å²) in [7, 11) is 1.76. The number of nitrogens with one attached hydrogen (secondary N) is 2. The lowest BCUT2D eigenvalue weighted by molar-refractivity contribution is -0.0121. The van der Waals surface area contributed by atoms with Crippen LogP contribution in [0.15, 0.2) is 56.3 Å². The van der Waals surface area contributed by atoms with Gasteiger partial charge in [-0.2, -0.15) is 0 Å². The summed E-state index contributed by atoms with van der Waals surface area (Å²) in [6.07, 6.45) is -0.771. The van der Waals surface area contributed by atoms with Gasteiger partial charge in [0.05, 0.1) is 23.9 Å². The summed E-state index contributed by atoms with van der Waals surface area (Å²) < 4.78 is 18.4. The fourth-order valence-electron chi connectivity index (χ4n) is 3.60. The average molecular weight is 545 g/mol. The fourth-order valence-corrected chi connectivity index (χ4v) is 3.97. The van der Waals surface area contributed by atoms with Crippen molar-refractivity contribution in [1.82, 2.24) is 14.7 Å². The van der Waals surface area contributed by atoms with Gasteiger partial charge < -0.3 is 24.5 Å². The van der Waals surface area contributed by atoms with Crippen molar-refractivity contribution in [3.05, 3.63) is 63.2 Å². The number of carbonyl (C=O) groups is 1. The minimum absolute atomic E-state index is 0.0119. The quantitative estimate of drug-likeness (QED) is 0.292. The van der Waals surface area contributed by atoms with Gasteiger partial charge in [0, 0.05) is 22.5 Å². The van der Waals surface area contributed by atoms with Crippen molar-refractivity contribution in [2.75, 3.05) is 18.5 Å². The normalized spacial score (nSPS) is 12.3. The molecule has 0 saturated heterocycles. The molecule has 3 N–H and O–H groups in total. The van der Waals surface area contributed by atoms with Gasteiger partial charge in [0.15, 0.2) is 5.82 Å². The van der Waals surface area contributed by atoms with E-state index >= 15 is 0 Å². The van der Waals surface area contributed by atoms with Gasteiger partial charge in [0.1, 0.15) is 24.2 Å². The number of rotatable bonds is 9. The molecule has 1 atom stereocenters. The first-order valence-corrected chi connectivity index (χ1v) is 11.7. The third kappa shape index (κ3) is 5.64. The number of aliphatic hydroxyl groups is 1. The van der Waals surface area contributed by atoms with Gasteiger partial charge in [0.2, 0.25) is 0 Å². The van der Waals surface area contributed by atoms with E-state index in [2.05, 4.69) is 35.9 Å². The Hall–Kier alpha value is -3.41. The van der Waals surface area contributed by atoms with E-state index in [1.165, 1.54) is 0 Å². The van der Waals surface area contributed by atoms with E-state index in [0.29, 0.717) is 28.2 Å². The lowest BCUT2D eigenvalue weighted by atomic mass is 10.1. The molecule has 0 aliphatic heterocycles. The maximum atomic E-state index is 13.2. The number of carbonyl (C=O) groups excluding carboxylic acids is 1. The minimum atomic E-state index is -0.783. The number of H-pyrrole nitrogens is 1. The summed E-state index contributed by atoms with van der Waals surface area (Å²) in [5.74, 6) is -0.328. The monoisotopic (exact) mass is 544 g/mol. The largest absolute Gasteiger partial charge is 0.489 e. The van der Waals surface area contributed by atoms with Crippen molar-refractivity contribution in [2.24, 2.45) is 7.05 Å². The molecule has 10 nitrogen and oxygen atoms in total. The number of amides is 1. The van der Waals surface area contributed by atoms with Gasteiger partial charge in [-0.05, 0) is 44.2 Å². The van der Waals surface area contributed by atoms with Crippen LogP contribution in [-0.2, 0) is 11.8 Å². The maximum Gasteiger partial charge on any atom is 0.439 e. The highest BCUT2D eigenvalue weighted by Crippen LogP contribution is 2.31. The first-order valence-electron chi connectivity index (χ1n) is 10.9. The molecule has 0 saturated carbocycles. The third-order valence-corrected chi connectivity index (χ3v) is 5.72. The van der Waals surface area contributed by atoms with Gasteiger partial charge >= 0.3 is 5.76 Å². The summed E-state index contributed by atoms with van der Waals surface area (Å²) in [5, 5.41) is 17.5. The molecule has 2 heterocycles. The highest BCUT2D eigenvalue weighted by molar-refractivity contribution is 9.10. The van der Waals surface area contributed by atoms with Crippen LogP contribution in [0.4, 0.5) is 5.69 Å². The number of hydrogen-bond acceptors (Lipinski definition) is 7. The molecule has 0 aliphatic carbocycles. The number of aromatic nitrogens is 3. The maximum absolute atomic E-state index is 13.2. The molecule has 4 rings (SSSR count). The van der Waals surface area contributed by atoms with E-state index in [1.807, 2.05) is 26.0 Å². The lowest BCUT2D eigenvalue weighted by Crippen LogP contribution is -2.25. The average Bonchev–Trinajstić information content (AvgIpc) is 3.41. The highest BCUT2D eigenvalue weighted by atomic mass is 79.9. The van der Waals surface area contributed by atoms with Crippen LogP contribution in [0.5, 0.6) is 5.75 Å². The Morgan fingerprint density at radius 1 is 1.26 bits per heavy atom. The number of halogens is 1. The van der Waals surface area contributed by atoms with Crippen LogP contribution in [-0.4, -0.2) is 51.1 Å². The number of hydrogen-bond donors (Lipinski definition) is 3. The summed E-state index contributed by atoms with van der Waals surface area (Å²) >= 11 is 3.39. The molecule has 2 aromatic heterocycles. The molecule has 0 aliphatic rings. The van der Waals surface area contributed by atoms with Crippen LogP contribution in [0, 0.1) is 0 Å². The van der Waals surface area contributed by atoms with Crippen molar-refractivity contribution < 1.29 is 23.9 Å². The number of nitrogens with zero attached hydrogens (tertiary/aromatic N) is 2. The van der Waals surface area contributed by atoms with Crippen LogP contribution in [0.1, 0.15) is 24.3 Å². The number of ether oxygens (including phenoxy) is 2. The Kier molecular flexibility index (Phi) is 7.39. The summed E-state index contributed by atoms with van der Waals surface area (Å²) in [5.41, 5.74) is 2.03. The molecule has 184 valence electrons. The molecule has 1 unspecified atom stereocenters. The zero-order valence-corrected chi connectivity index (χ0v) is 21.0. The fraction of sp³-hybridized carbons (Fsp3) is 0.292. The van der Waals surface area contributed by atoms with Gasteiger partial charge in [0.25, 0.3) is 5.91 Å². The van der Waals surface area contributed by atoms with Crippen molar-refractivity contribution in [2.45, 2.75) is 26.1 Å². The number of para-hydroxylation sites is 1. The second-order valence-electron chi connectivity index (χ2n) is 8.22. The number of anilines is 1. The molecule has 0 bridgehead atoms. The molecule has 2 aromatic carbocycles. The third-order valence-electron chi connectivity index (χ3n) is 5.23. The van der Waals surface area contributed by atoms with Crippen LogP contribution in [0.2, 0.25) is 0 Å². The Bertz CT molecular complexity index is 1410. The molecule has 1 amide bonds. The van der Waals surface area contributed by atoms with Crippen LogP contribution in [0.25, 0.3) is 22.3 Å². The number of aryl methyl sites for hydroxylation is 1. The lowest BCUT2D eigenvalue weighted by Gasteiger charge is -2.15. The van der Waals surface area contributed by atoms with E-state index in [1.54, 1.807) is 41.9 Å². The molecule has 4 aromatic rings. The van der Waals surface area contributed by atoms with Crippen molar-refractivity contribution in [3.63, 3.8) is 0 Å². The number of benzene rings is 2. The van der Waals surface area contributed by atoms with E-state index in [4.69, 9.17) is 9.47 Å². The van der Waals surface area contributed by atoms with Gasteiger partial charge in [-0.15, -0.1) is 0 Å². The number of aromatic amines is 1. The standard InChI is InChI=1S/C24H25BrN4O6/c1-13(2)33-11-16(30)12-34-20-6-4-5-14-9-19(29(3)21(14)20)23(31)26-18-8-7-15(25)10-17(18)22-27-24(32)35-28-22/h4-10,13,16,30H,11-12H2,1-3H3,(H,26,31)(H,27,28,32). The Morgan fingerprint density at radius 3 is 2.77 bits per heavy atom. The molecule has 11 heteroatoms. The second kappa shape index (κ2) is 10.5. The topological polar surface area (TPSA) is 132 Å². The van der Waals surface area contributed by atoms with Gasteiger partial charge in [-0.3, -0.25) is 14.3 Å². The van der Waals surface area contributed by atoms with Gasteiger partial charge in [-0.25, -0.2) is 4.79 Å². The predicted octanol–water partition coefficient (Wildman–Crippen LogP) is 3.70. The van der Waals surface area contributed by atoms with Crippen LogP contribution >= 0.6 is 15.9 Å². The zero-order chi connectivity index (χ0) is 25.1. The van der Waals surface area contributed by atoms with E-state index < -0.39 is 11.9 Å². The summed E-state index contributed by atoms with van der Waals surface area (Å²) in [4.78, 5) is 27.2. The smallest absolute Gasteiger partial charge is 0.439 e. The summed E-state index contributed by atoms with van der Waals surface area (Å²) in [6.45, 7) is 4.01. The first-order chi connectivity index (χ1) is 16.7. The Balaban J connectivity index is 1.58. The van der Waals surface area contributed by atoms with Crippen molar-refractivity contribution in [3.8, 4) is 17.1 Å². The molecule has 0 radical (unpaired) electrons.